The van der Waals surface area contributed by atoms with Crippen molar-refractivity contribution in [3.8, 4) is 0 Å². The summed E-state index contributed by atoms with van der Waals surface area (Å²) in [4.78, 5) is 29.0. The fourth-order valence-corrected chi connectivity index (χ4v) is 4.61. The Morgan fingerprint density at radius 3 is 2.48 bits per heavy atom. The number of fused-ring (bicyclic) bond motifs is 1. The second-order valence-corrected chi connectivity index (χ2v) is 10.3. The summed E-state index contributed by atoms with van der Waals surface area (Å²) in [6, 6.07) is 12.0. The van der Waals surface area contributed by atoms with Gasteiger partial charge >= 0.3 is 0 Å². The van der Waals surface area contributed by atoms with Crippen LogP contribution >= 0.6 is 0 Å². The zero-order chi connectivity index (χ0) is 22.2. The average Bonchev–Trinajstić information content (AvgIpc) is 3.17. The van der Waals surface area contributed by atoms with Crippen LogP contribution in [0.2, 0.25) is 0 Å². The van der Waals surface area contributed by atoms with Gasteiger partial charge in [0.25, 0.3) is 5.91 Å². The Morgan fingerprint density at radius 2 is 1.84 bits per heavy atom. The highest BCUT2D eigenvalue weighted by Crippen LogP contribution is 2.32. The molecule has 4 rings (SSSR count). The van der Waals surface area contributed by atoms with Crippen LogP contribution in [0.5, 0.6) is 0 Å². The normalized spacial score (nSPS) is 22.3. The maximum atomic E-state index is 13.7. The molecule has 1 atom stereocenters. The SMILES string of the molecule is CC(C)(C)c1cc2n(n1)C[C@@](C)(C(=O)NC1CCCCC1)N(Cc1ccccc1)C2=O. The molecule has 1 fully saturated rings. The molecule has 1 N–H and O–H groups in total. The third-order valence-electron chi connectivity index (χ3n) is 6.68. The fraction of sp³-hybridized carbons (Fsp3) is 0.560. The Bertz CT molecular complexity index is 954. The van der Waals surface area contributed by atoms with E-state index in [0.29, 0.717) is 18.8 Å². The molecule has 2 aromatic rings. The molecular formula is C25H34N4O2. The van der Waals surface area contributed by atoms with E-state index in [0.717, 1.165) is 36.9 Å². The summed E-state index contributed by atoms with van der Waals surface area (Å²) in [7, 11) is 0. The molecule has 1 saturated carbocycles. The number of nitrogens with zero attached hydrogens (tertiary/aromatic N) is 3. The number of hydrogen-bond donors (Lipinski definition) is 1. The summed E-state index contributed by atoms with van der Waals surface area (Å²) < 4.78 is 1.74. The lowest BCUT2D eigenvalue weighted by atomic mass is 9.90. The molecule has 1 aromatic heterocycles. The summed E-state index contributed by atoms with van der Waals surface area (Å²) in [6.07, 6.45) is 5.54. The molecule has 31 heavy (non-hydrogen) atoms. The summed E-state index contributed by atoms with van der Waals surface area (Å²) >= 11 is 0. The van der Waals surface area contributed by atoms with Crippen LogP contribution in [0.4, 0.5) is 0 Å². The highest BCUT2D eigenvalue weighted by molar-refractivity contribution is 5.99. The second-order valence-electron chi connectivity index (χ2n) is 10.3. The van der Waals surface area contributed by atoms with Gasteiger partial charge in [-0.3, -0.25) is 14.3 Å². The van der Waals surface area contributed by atoms with Gasteiger partial charge in [0.1, 0.15) is 11.2 Å². The number of nitrogens with one attached hydrogen (secondary N) is 1. The minimum absolute atomic E-state index is 0.0814. The van der Waals surface area contributed by atoms with E-state index < -0.39 is 5.54 Å². The van der Waals surface area contributed by atoms with Gasteiger partial charge in [0.2, 0.25) is 5.91 Å². The topological polar surface area (TPSA) is 67.2 Å². The molecule has 0 bridgehead atoms. The van der Waals surface area contributed by atoms with Crippen LogP contribution in [-0.2, 0) is 23.3 Å². The quantitative estimate of drug-likeness (QED) is 0.808. The third kappa shape index (κ3) is 4.25. The van der Waals surface area contributed by atoms with Crippen molar-refractivity contribution in [2.24, 2.45) is 0 Å². The van der Waals surface area contributed by atoms with Crippen LogP contribution in [-0.4, -0.2) is 38.1 Å². The summed E-state index contributed by atoms with van der Waals surface area (Å²) in [5.41, 5.74) is 1.27. The van der Waals surface area contributed by atoms with Gasteiger partial charge in [-0.1, -0.05) is 70.4 Å². The van der Waals surface area contributed by atoms with Crippen molar-refractivity contribution < 1.29 is 9.59 Å². The lowest BCUT2D eigenvalue weighted by molar-refractivity contribution is -0.134. The minimum atomic E-state index is -1.00. The van der Waals surface area contributed by atoms with Crippen molar-refractivity contribution in [3.05, 3.63) is 53.3 Å². The monoisotopic (exact) mass is 422 g/mol. The maximum Gasteiger partial charge on any atom is 0.273 e. The van der Waals surface area contributed by atoms with Gasteiger partial charge in [-0.25, -0.2) is 0 Å². The zero-order valence-electron chi connectivity index (χ0n) is 19.1. The Morgan fingerprint density at radius 1 is 1.16 bits per heavy atom. The van der Waals surface area contributed by atoms with E-state index in [2.05, 4.69) is 26.1 Å². The number of carbonyl (C=O) groups excluding carboxylic acids is 2. The van der Waals surface area contributed by atoms with Crippen LogP contribution in [0.3, 0.4) is 0 Å². The van der Waals surface area contributed by atoms with Gasteiger partial charge in [-0.15, -0.1) is 0 Å². The van der Waals surface area contributed by atoms with Crippen LogP contribution in [0, 0.1) is 0 Å². The first-order chi connectivity index (χ1) is 14.7. The molecule has 0 radical (unpaired) electrons. The van der Waals surface area contributed by atoms with E-state index in [1.807, 2.05) is 43.3 Å². The molecule has 1 aliphatic heterocycles. The first kappa shape index (κ1) is 21.6. The zero-order valence-corrected chi connectivity index (χ0v) is 19.1. The molecule has 0 spiro atoms. The third-order valence-corrected chi connectivity index (χ3v) is 6.68. The predicted molar refractivity (Wildman–Crippen MR) is 121 cm³/mol. The number of hydrogen-bond acceptors (Lipinski definition) is 3. The minimum Gasteiger partial charge on any atom is -0.351 e. The van der Waals surface area contributed by atoms with Gasteiger partial charge in [0.15, 0.2) is 0 Å². The van der Waals surface area contributed by atoms with Crippen LogP contribution < -0.4 is 5.32 Å². The number of benzene rings is 1. The Labute approximate surface area is 185 Å². The molecule has 2 amide bonds. The van der Waals surface area contributed by atoms with Crippen molar-refractivity contribution in [2.45, 2.75) is 89.9 Å². The Kier molecular flexibility index (Phi) is 5.67. The van der Waals surface area contributed by atoms with Gasteiger partial charge in [0, 0.05) is 18.0 Å². The lowest BCUT2D eigenvalue weighted by Crippen LogP contribution is -2.64. The summed E-state index contributed by atoms with van der Waals surface area (Å²) in [5.74, 6) is -0.221. The van der Waals surface area contributed by atoms with Crippen molar-refractivity contribution in [2.75, 3.05) is 0 Å². The predicted octanol–water partition coefficient (Wildman–Crippen LogP) is 4.04. The van der Waals surface area contributed by atoms with Gasteiger partial charge in [0.05, 0.1) is 12.2 Å². The first-order valence-electron chi connectivity index (χ1n) is 11.4. The summed E-state index contributed by atoms with van der Waals surface area (Å²) in [5, 5.41) is 7.99. The van der Waals surface area contributed by atoms with Crippen LogP contribution in [0.1, 0.15) is 81.5 Å². The standard InChI is InChI=1S/C25H34N4O2/c1-24(2,3)21-15-20-22(30)28(16-18-11-7-5-8-12-18)25(4,17-29(20)27-21)23(31)26-19-13-9-6-10-14-19/h5,7-8,11-12,15,19H,6,9-10,13-14,16-17H2,1-4H3,(H,26,31)/t25-/m0/s1. The highest BCUT2D eigenvalue weighted by atomic mass is 16.2. The van der Waals surface area contributed by atoms with E-state index in [1.165, 1.54) is 6.42 Å². The second kappa shape index (κ2) is 8.13. The molecule has 6 heteroatoms. The summed E-state index contributed by atoms with van der Waals surface area (Å²) in [6.45, 7) is 8.89. The highest BCUT2D eigenvalue weighted by Gasteiger charge is 2.48. The molecular weight excluding hydrogens is 388 g/mol. The molecule has 166 valence electrons. The maximum absolute atomic E-state index is 13.7. The van der Waals surface area contributed by atoms with E-state index in [9.17, 15) is 9.59 Å². The Hall–Kier alpha value is -2.63. The lowest BCUT2D eigenvalue weighted by Gasteiger charge is -2.44. The molecule has 0 unspecified atom stereocenters. The largest absolute Gasteiger partial charge is 0.351 e. The van der Waals surface area contributed by atoms with Crippen LogP contribution in [0.25, 0.3) is 0 Å². The van der Waals surface area contributed by atoms with E-state index in [4.69, 9.17) is 5.10 Å². The van der Waals surface area contributed by atoms with E-state index in [1.54, 1.807) is 9.58 Å². The van der Waals surface area contributed by atoms with Gasteiger partial charge < -0.3 is 10.2 Å². The fourth-order valence-electron chi connectivity index (χ4n) is 4.61. The molecule has 2 heterocycles. The first-order valence-corrected chi connectivity index (χ1v) is 11.4. The number of amides is 2. The molecule has 2 aliphatic rings. The van der Waals surface area contributed by atoms with E-state index >= 15 is 0 Å². The number of rotatable bonds is 4. The van der Waals surface area contributed by atoms with Crippen molar-refractivity contribution in [1.82, 2.24) is 20.0 Å². The molecule has 1 aromatic carbocycles. The van der Waals surface area contributed by atoms with Crippen LogP contribution in [0.15, 0.2) is 36.4 Å². The van der Waals surface area contributed by atoms with Gasteiger partial charge in [-0.2, -0.15) is 5.10 Å². The van der Waals surface area contributed by atoms with Crippen molar-refractivity contribution in [3.63, 3.8) is 0 Å². The Balaban J connectivity index is 1.69. The van der Waals surface area contributed by atoms with Crippen molar-refractivity contribution >= 4 is 11.8 Å². The molecule has 0 saturated heterocycles. The molecule has 6 nitrogen and oxygen atoms in total. The van der Waals surface area contributed by atoms with Gasteiger partial charge in [-0.05, 0) is 31.4 Å². The average molecular weight is 423 g/mol. The smallest absolute Gasteiger partial charge is 0.273 e. The van der Waals surface area contributed by atoms with E-state index in [-0.39, 0.29) is 23.3 Å². The van der Waals surface area contributed by atoms with Crippen molar-refractivity contribution in [1.29, 1.82) is 0 Å². The number of carbonyl (C=O) groups is 2. The molecule has 1 aliphatic carbocycles. The number of aromatic nitrogens is 2.